The summed E-state index contributed by atoms with van der Waals surface area (Å²) >= 11 is 2.21. The van der Waals surface area contributed by atoms with Crippen LogP contribution in [-0.2, 0) is 80.9 Å². The second kappa shape index (κ2) is 18.9. The Labute approximate surface area is 299 Å². The van der Waals surface area contributed by atoms with Gasteiger partial charge in [0.2, 0.25) is 10.3 Å². The average molecular weight is 766 g/mol. The third-order valence-electron chi connectivity index (χ3n) is 6.78. The van der Waals surface area contributed by atoms with E-state index in [1.807, 2.05) is 0 Å². The molecule has 1 aromatic rings. The smallest absolute Gasteiger partial charge is 0.303 e. The third kappa shape index (κ3) is 12.3. The van der Waals surface area contributed by atoms with Gasteiger partial charge in [-0.05, 0) is 6.26 Å². The molecule has 284 valence electrons. The lowest BCUT2D eigenvalue weighted by molar-refractivity contribution is -0.343. The van der Waals surface area contributed by atoms with Crippen LogP contribution in [0, 0.1) is 0 Å². The fourth-order valence-corrected chi connectivity index (χ4v) is 6.25. The molecule has 20 nitrogen and oxygen atoms in total. The van der Waals surface area contributed by atoms with Crippen molar-refractivity contribution >= 4 is 70.2 Å². The molecule has 0 saturated carbocycles. The molecule has 10 atom stereocenters. The summed E-state index contributed by atoms with van der Waals surface area (Å²) in [5.41, 5.74) is 0. The number of hydrogen-bond donors (Lipinski definition) is 1. The largest absolute Gasteiger partial charge is 0.463 e. The van der Waals surface area contributed by atoms with Crippen LogP contribution in [0.2, 0.25) is 0 Å². The molecule has 3 rings (SSSR count). The Hall–Kier alpha value is -4.12. The zero-order valence-electron chi connectivity index (χ0n) is 28.8. The maximum absolute atomic E-state index is 12.5. The number of esters is 7. The summed E-state index contributed by atoms with van der Waals surface area (Å²) in [6.07, 6.45) is -13.5. The van der Waals surface area contributed by atoms with E-state index in [2.05, 4.69) is 14.7 Å². The molecule has 2 saturated heterocycles. The lowest BCUT2D eigenvalue weighted by Gasteiger charge is -2.48. The van der Waals surface area contributed by atoms with E-state index in [1.165, 1.54) is 11.8 Å². The molecule has 1 aromatic heterocycles. The maximum atomic E-state index is 12.5. The normalized spacial score (nSPS) is 28.7. The number of thioether (sulfide) groups is 1. The Morgan fingerprint density at radius 3 is 1.55 bits per heavy atom. The van der Waals surface area contributed by atoms with Crippen molar-refractivity contribution in [3.63, 3.8) is 0 Å². The number of nitrogens with zero attached hydrogens (tertiary/aromatic N) is 2. The number of nitrogens with one attached hydrogen (secondary N) is 1. The van der Waals surface area contributed by atoms with Gasteiger partial charge in [-0.1, -0.05) is 11.8 Å². The van der Waals surface area contributed by atoms with Gasteiger partial charge in [0.25, 0.3) is 0 Å². The monoisotopic (exact) mass is 765 g/mol. The number of aromatic nitrogens is 2. The van der Waals surface area contributed by atoms with E-state index in [1.54, 1.807) is 6.26 Å². The topological polar surface area (TPSA) is 250 Å². The Kier molecular flexibility index (Phi) is 15.3. The summed E-state index contributed by atoms with van der Waals surface area (Å²) < 4.78 is 60.7. The van der Waals surface area contributed by atoms with Gasteiger partial charge in [-0.3, -0.25) is 33.6 Å². The van der Waals surface area contributed by atoms with Crippen LogP contribution in [0.3, 0.4) is 0 Å². The molecule has 3 heterocycles. The van der Waals surface area contributed by atoms with Gasteiger partial charge in [-0.2, -0.15) is 9.36 Å². The maximum Gasteiger partial charge on any atom is 0.303 e. The SMILES string of the molecule is CSc1nsc(N[C@H]2O[C@H](COC(C)=O)[C@@H](O[C@@H]3O[C@H](COC(C)=O)[C@@H](OC(C)=O)[C@H](OC(C)=O)[C@H]3OC(C)=O)[C@H](OC(C)=O)[C@H]2OC(C)=O)n1. The number of anilines is 1. The van der Waals surface area contributed by atoms with Crippen LogP contribution in [0.1, 0.15) is 48.5 Å². The van der Waals surface area contributed by atoms with E-state index in [-0.39, 0.29) is 5.13 Å². The highest BCUT2D eigenvalue weighted by molar-refractivity contribution is 7.98. The Morgan fingerprint density at radius 1 is 0.627 bits per heavy atom. The van der Waals surface area contributed by atoms with E-state index in [0.717, 1.165) is 60.0 Å². The number of carbonyl (C=O) groups excluding carboxylic acids is 7. The first-order chi connectivity index (χ1) is 24.0. The summed E-state index contributed by atoms with van der Waals surface area (Å²) in [5.74, 6) is -5.81. The van der Waals surface area contributed by atoms with Gasteiger partial charge in [0, 0.05) is 60.0 Å². The summed E-state index contributed by atoms with van der Waals surface area (Å²) in [5, 5.41) is 3.59. The van der Waals surface area contributed by atoms with Crippen molar-refractivity contribution in [2.24, 2.45) is 0 Å². The predicted molar refractivity (Wildman–Crippen MR) is 169 cm³/mol. The van der Waals surface area contributed by atoms with Gasteiger partial charge in [-0.25, -0.2) is 0 Å². The van der Waals surface area contributed by atoms with E-state index >= 15 is 0 Å². The van der Waals surface area contributed by atoms with Crippen LogP contribution in [0.25, 0.3) is 0 Å². The van der Waals surface area contributed by atoms with Gasteiger partial charge in [0.05, 0.1) is 0 Å². The fourth-order valence-electron chi connectivity index (χ4n) is 5.10. The first-order valence-electron chi connectivity index (χ1n) is 15.2. The number of carbonyl (C=O) groups is 7. The van der Waals surface area contributed by atoms with Crippen molar-refractivity contribution in [1.29, 1.82) is 0 Å². The minimum Gasteiger partial charge on any atom is -0.463 e. The molecule has 1 N–H and O–H groups in total. The van der Waals surface area contributed by atoms with Gasteiger partial charge in [0.1, 0.15) is 31.5 Å². The number of ether oxygens (including phenoxy) is 10. The zero-order valence-corrected chi connectivity index (χ0v) is 30.5. The summed E-state index contributed by atoms with van der Waals surface area (Å²) in [4.78, 5) is 89.8. The van der Waals surface area contributed by atoms with Crippen LogP contribution in [0.4, 0.5) is 5.13 Å². The summed E-state index contributed by atoms with van der Waals surface area (Å²) in [6.45, 7) is 6.45. The van der Waals surface area contributed by atoms with Crippen molar-refractivity contribution < 1.29 is 80.9 Å². The standard InChI is InChI=1S/C29H39N3O17S2/c1-11(33)40-9-18-21(22(43-14(4)36)24(45-16(6)38)26(47-18)30-28-31-29(50-8)32-51-28)49-27-25(46-17(7)39)23(44-15(5)37)20(42-13(3)35)19(48-27)10-41-12(2)34/h18-27H,9-10H2,1-8H3,(H,30,31,32)/t18-,19-,20-,21-,22+,23+,24-,25-,26+,27+/m1/s1. The van der Waals surface area contributed by atoms with Crippen molar-refractivity contribution in [3.8, 4) is 0 Å². The molecule has 0 spiro atoms. The van der Waals surface area contributed by atoms with Gasteiger partial charge in [0.15, 0.2) is 43.0 Å². The summed E-state index contributed by atoms with van der Waals surface area (Å²) in [7, 11) is 0. The van der Waals surface area contributed by atoms with Crippen LogP contribution < -0.4 is 5.32 Å². The Morgan fingerprint density at radius 2 is 1.08 bits per heavy atom. The molecule has 2 aliphatic rings. The number of hydrogen-bond acceptors (Lipinski definition) is 22. The van der Waals surface area contributed by atoms with Crippen molar-refractivity contribution in [2.75, 3.05) is 24.8 Å². The zero-order chi connectivity index (χ0) is 38.0. The van der Waals surface area contributed by atoms with Crippen molar-refractivity contribution in [3.05, 3.63) is 0 Å². The molecule has 0 unspecified atom stereocenters. The van der Waals surface area contributed by atoms with Gasteiger partial charge in [-0.15, -0.1) is 0 Å². The first-order valence-corrected chi connectivity index (χ1v) is 17.2. The highest BCUT2D eigenvalue weighted by Crippen LogP contribution is 2.36. The Balaban J connectivity index is 2.16. The fraction of sp³-hybridized carbons (Fsp3) is 0.690. The molecule has 0 aromatic carbocycles. The average Bonchev–Trinajstić information content (AvgIpc) is 3.47. The van der Waals surface area contributed by atoms with Crippen molar-refractivity contribution in [2.45, 2.75) is 115 Å². The van der Waals surface area contributed by atoms with Gasteiger partial charge >= 0.3 is 41.8 Å². The van der Waals surface area contributed by atoms with E-state index < -0.39 is 116 Å². The molecule has 22 heteroatoms. The first kappa shape index (κ1) is 41.3. The minimum atomic E-state index is -1.79. The molecule has 51 heavy (non-hydrogen) atoms. The second-order valence-electron chi connectivity index (χ2n) is 10.9. The van der Waals surface area contributed by atoms with E-state index in [9.17, 15) is 33.6 Å². The lowest BCUT2D eigenvalue weighted by atomic mass is 9.95. The van der Waals surface area contributed by atoms with E-state index in [4.69, 9.17) is 47.4 Å². The van der Waals surface area contributed by atoms with E-state index in [0.29, 0.717) is 5.16 Å². The molecule has 0 bridgehead atoms. The quantitative estimate of drug-likeness (QED) is 0.152. The predicted octanol–water partition coefficient (Wildman–Crippen LogP) is 0.292. The molecule has 0 aliphatic carbocycles. The molecule has 0 amide bonds. The van der Waals surface area contributed by atoms with Crippen LogP contribution in [0.5, 0.6) is 0 Å². The van der Waals surface area contributed by atoms with Crippen LogP contribution in [0.15, 0.2) is 5.16 Å². The summed E-state index contributed by atoms with van der Waals surface area (Å²) in [6, 6.07) is 0. The van der Waals surface area contributed by atoms with Crippen LogP contribution in [-0.4, -0.2) is 132 Å². The minimum absolute atomic E-state index is 0.230. The molecular formula is C29H39N3O17S2. The molecule has 2 fully saturated rings. The van der Waals surface area contributed by atoms with Crippen molar-refractivity contribution in [1.82, 2.24) is 9.36 Å². The second-order valence-corrected chi connectivity index (χ2v) is 12.5. The lowest BCUT2D eigenvalue weighted by Crippen LogP contribution is -2.67. The number of rotatable bonds is 14. The highest BCUT2D eigenvalue weighted by atomic mass is 32.2. The highest BCUT2D eigenvalue weighted by Gasteiger charge is 2.57. The van der Waals surface area contributed by atoms with Crippen LogP contribution >= 0.6 is 23.3 Å². The molecule has 2 aliphatic heterocycles. The molecule has 0 radical (unpaired) electrons. The molecular weight excluding hydrogens is 726 g/mol. The van der Waals surface area contributed by atoms with Gasteiger partial charge < -0.3 is 52.7 Å². The third-order valence-corrected chi connectivity index (χ3v) is 8.09. The Bertz CT molecular complexity index is 1440.